The molecule has 0 aromatic heterocycles. The minimum atomic E-state index is -3.86. The average Bonchev–Trinajstić information content (AvgIpc) is 2.73. The fourth-order valence-electron chi connectivity index (χ4n) is 4.36. The Kier molecular flexibility index (Phi) is 4.18. The third-order valence-electron chi connectivity index (χ3n) is 5.86. The van der Waals surface area contributed by atoms with Gasteiger partial charge in [-0.2, -0.15) is 4.31 Å². The summed E-state index contributed by atoms with van der Waals surface area (Å²) in [6, 6.07) is 16.8. The molecule has 0 bridgehead atoms. The van der Waals surface area contributed by atoms with Gasteiger partial charge in [0, 0.05) is 13.1 Å². The number of rotatable bonds is 2. The first kappa shape index (κ1) is 18.3. The van der Waals surface area contributed by atoms with Gasteiger partial charge >= 0.3 is 0 Å². The summed E-state index contributed by atoms with van der Waals surface area (Å²) in [7, 11) is -3.86. The number of sulfonamides is 1. The smallest absolute Gasteiger partial charge is 0.243 e. The van der Waals surface area contributed by atoms with E-state index in [1.54, 1.807) is 35.2 Å². The highest BCUT2D eigenvalue weighted by atomic mass is 32.2. The molecule has 2 heterocycles. The number of piperazine rings is 1. The monoisotopic (exact) mass is 410 g/mol. The maximum Gasteiger partial charge on any atom is 0.243 e. The van der Waals surface area contributed by atoms with Crippen LogP contribution in [0.25, 0.3) is 10.8 Å². The van der Waals surface area contributed by atoms with Gasteiger partial charge in [-0.3, -0.25) is 4.79 Å². The molecular weight excluding hydrogens is 391 g/mol. The maximum absolute atomic E-state index is 14.2. The van der Waals surface area contributed by atoms with Crippen LogP contribution in [0, 0.1) is 5.82 Å². The van der Waals surface area contributed by atoms with E-state index in [1.807, 2.05) is 24.3 Å². The van der Waals surface area contributed by atoms with E-state index in [2.05, 4.69) is 0 Å². The van der Waals surface area contributed by atoms with E-state index in [1.165, 1.54) is 10.4 Å². The van der Waals surface area contributed by atoms with Crippen LogP contribution in [0.2, 0.25) is 0 Å². The number of halogens is 1. The summed E-state index contributed by atoms with van der Waals surface area (Å²) < 4.78 is 42.1. The highest BCUT2D eigenvalue weighted by Gasteiger charge is 2.41. The molecule has 3 aromatic carbocycles. The zero-order chi connectivity index (χ0) is 20.2. The van der Waals surface area contributed by atoms with Gasteiger partial charge < -0.3 is 4.90 Å². The van der Waals surface area contributed by atoms with Crippen LogP contribution in [-0.2, 0) is 21.2 Å². The number of nitrogens with zero attached hydrogens (tertiary/aromatic N) is 2. The van der Waals surface area contributed by atoms with Gasteiger partial charge in [-0.05, 0) is 46.5 Å². The zero-order valence-electron chi connectivity index (χ0n) is 15.6. The largest absolute Gasteiger partial charge is 0.333 e. The lowest BCUT2D eigenvalue weighted by Crippen LogP contribution is -2.55. The summed E-state index contributed by atoms with van der Waals surface area (Å²) in [5, 5.41) is 1.77. The lowest BCUT2D eigenvalue weighted by Gasteiger charge is -2.44. The van der Waals surface area contributed by atoms with Crippen molar-refractivity contribution in [1.82, 2.24) is 9.21 Å². The van der Waals surface area contributed by atoms with Crippen molar-refractivity contribution in [3.8, 4) is 0 Å². The van der Waals surface area contributed by atoms with E-state index in [9.17, 15) is 17.6 Å². The molecule has 5 rings (SSSR count). The predicted molar refractivity (Wildman–Crippen MR) is 107 cm³/mol. The Morgan fingerprint density at radius 1 is 0.966 bits per heavy atom. The molecule has 0 saturated carbocycles. The van der Waals surface area contributed by atoms with Gasteiger partial charge in [0.05, 0.1) is 17.5 Å². The van der Waals surface area contributed by atoms with E-state index in [0.717, 1.165) is 10.8 Å². The van der Waals surface area contributed by atoms with E-state index in [4.69, 9.17) is 0 Å². The molecule has 0 N–H and O–H groups in total. The number of hydrogen-bond donors (Lipinski definition) is 0. The summed E-state index contributed by atoms with van der Waals surface area (Å²) in [6.07, 6.45) is 0.446. The Balaban J connectivity index is 1.54. The van der Waals surface area contributed by atoms with Gasteiger partial charge in [0.15, 0.2) is 0 Å². The van der Waals surface area contributed by atoms with Gasteiger partial charge in [0.2, 0.25) is 15.9 Å². The van der Waals surface area contributed by atoms with Gasteiger partial charge in [-0.15, -0.1) is 0 Å². The van der Waals surface area contributed by atoms with E-state index in [0.29, 0.717) is 24.1 Å². The van der Waals surface area contributed by atoms with Crippen LogP contribution in [0.1, 0.15) is 17.2 Å². The van der Waals surface area contributed by atoms with E-state index >= 15 is 0 Å². The zero-order valence-corrected chi connectivity index (χ0v) is 16.4. The normalized spacial score (nSPS) is 19.8. The van der Waals surface area contributed by atoms with Crippen molar-refractivity contribution in [2.24, 2.45) is 0 Å². The van der Waals surface area contributed by atoms with Gasteiger partial charge in [0.1, 0.15) is 5.82 Å². The molecule has 29 heavy (non-hydrogen) atoms. The quantitative estimate of drug-likeness (QED) is 0.652. The Morgan fingerprint density at radius 2 is 1.76 bits per heavy atom. The molecule has 1 amide bonds. The van der Waals surface area contributed by atoms with Crippen LogP contribution in [0.5, 0.6) is 0 Å². The van der Waals surface area contributed by atoms with Crippen molar-refractivity contribution in [1.29, 1.82) is 0 Å². The summed E-state index contributed by atoms with van der Waals surface area (Å²) in [4.78, 5) is 14.6. The SMILES string of the molecule is O=C1CN(S(=O)(=O)c2ccc3ccccc3c2)CC2c3cccc(F)c3CCN12. The number of amides is 1. The molecule has 148 valence electrons. The molecule has 1 fully saturated rings. The van der Waals surface area contributed by atoms with Crippen LogP contribution in [0.15, 0.2) is 65.6 Å². The highest BCUT2D eigenvalue weighted by Crippen LogP contribution is 2.36. The van der Waals surface area contributed by atoms with Crippen LogP contribution < -0.4 is 0 Å². The molecule has 0 radical (unpaired) electrons. The molecule has 1 atom stereocenters. The second kappa shape index (κ2) is 6.64. The number of hydrogen-bond acceptors (Lipinski definition) is 3. The first-order chi connectivity index (χ1) is 13.9. The molecular formula is C22H19FN2O3S. The minimum Gasteiger partial charge on any atom is -0.333 e. The molecule has 0 aliphatic carbocycles. The van der Waals surface area contributed by atoms with Crippen LogP contribution in [0.3, 0.4) is 0 Å². The van der Waals surface area contributed by atoms with Crippen LogP contribution in [0.4, 0.5) is 4.39 Å². The summed E-state index contributed by atoms with van der Waals surface area (Å²) >= 11 is 0. The van der Waals surface area contributed by atoms with Crippen molar-refractivity contribution in [2.45, 2.75) is 17.4 Å². The predicted octanol–water partition coefficient (Wildman–Crippen LogP) is 3.11. The summed E-state index contributed by atoms with van der Waals surface area (Å²) in [6.45, 7) is 0.328. The second-order valence-electron chi connectivity index (χ2n) is 7.47. The topological polar surface area (TPSA) is 57.7 Å². The van der Waals surface area contributed by atoms with Gasteiger partial charge in [0.25, 0.3) is 0 Å². The second-order valence-corrected chi connectivity index (χ2v) is 9.40. The van der Waals surface area contributed by atoms with Crippen molar-refractivity contribution in [3.63, 3.8) is 0 Å². The molecule has 5 nitrogen and oxygen atoms in total. The van der Waals surface area contributed by atoms with Crippen molar-refractivity contribution >= 4 is 26.7 Å². The van der Waals surface area contributed by atoms with Crippen molar-refractivity contribution in [2.75, 3.05) is 19.6 Å². The van der Waals surface area contributed by atoms with Crippen molar-refractivity contribution in [3.05, 3.63) is 77.6 Å². The van der Waals surface area contributed by atoms with Crippen LogP contribution in [-0.4, -0.2) is 43.2 Å². The molecule has 0 spiro atoms. The lowest BCUT2D eigenvalue weighted by molar-refractivity contribution is -0.138. The van der Waals surface area contributed by atoms with E-state index < -0.39 is 16.1 Å². The number of fused-ring (bicyclic) bond motifs is 4. The van der Waals surface area contributed by atoms with Crippen molar-refractivity contribution < 1.29 is 17.6 Å². The summed E-state index contributed by atoms with van der Waals surface area (Å²) in [5.41, 5.74) is 1.27. The molecule has 1 saturated heterocycles. The highest BCUT2D eigenvalue weighted by molar-refractivity contribution is 7.89. The van der Waals surface area contributed by atoms with Crippen LogP contribution >= 0.6 is 0 Å². The van der Waals surface area contributed by atoms with E-state index in [-0.39, 0.29) is 29.7 Å². The first-order valence-electron chi connectivity index (χ1n) is 9.51. The van der Waals surface area contributed by atoms with Gasteiger partial charge in [-0.1, -0.05) is 42.5 Å². The third-order valence-corrected chi connectivity index (χ3v) is 7.67. The maximum atomic E-state index is 14.2. The first-order valence-corrected chi connectivity index (χ1v) is 10.9. The Hall–Kier alpha value is -2.77. The Morgan fingerprint density at radius 3 is 2.59 bits per heavy atom. The number of carbonyl (C=O) groups excluding carboxylic acids is 1. The molecule has 2 aliphatic rings. The Bertz CT molecular complexity index is 1240. The lowest BCUT2D eigenvalue weighted by atomic mass is 9.91. The molecule has 1 unspecified atom stereocenters. The Labute approximate surface area is 168 Å². The average molecular weight is 410 g/mol. The third kappa shape index (κ3) is 2.92. The van der Waals surface area contributed by atoms with Gasteiger partial charge in [-0.25, -0.2) is 12.8 Å². The fourth-order valence-corrected chi connectivity index (χ4v) is 5.79. The number of carbonyl (C=O) groups is 1. The number of benzene rings is 3. The molecule has 3 aromatic rings. The molecule has 2 aliphatic heterocycles. The summed E-state index contributed by atoms with van der Waals surface area (Å²) in [5.74, 6) is -0.551. The minimum absolute atomic E-state index is 0.122. The standard InChI is InChI=1S/C22H19FN2O3S/c23-20-7-3-6-19-18(20)10-11-25-21(19)13-24(14-22(25)26)29(27,28)17-9-8-15-4-1-2-5-16(15)12-17/h1-9,12,21H,10-11,13-14H2. The fraction of sp³-hybridized carbons (Fsp3) is 0.227. The molecule has 7 heteroatoms.